The van der Waals surface area contributed by atoms with Crippen LogP contribution in [0.1, 0.15) is 110 Å². The topological polar surface area (TPSA) is 9.23 Å². The highest BCUT2D eigenvalue weighted by molar-refractivity contribution is 5.01. The first-order chi connectivity index (χ1) is 13.0. The van der Waals surface area contributed by atoms with E-state index >= 15 is 0 Å². The fourth-order valence-electron chi connectivity index (χ4n) is 0.488. The Morgan fingerprint density at radius 1 is 0.815 bits per heavy atom. The fraction of sp³-hybridized carbons (Fsp3) is 0.692. The van der Waals surface area contributed by atoms with E-state index in [1.165, 1.54) is 12.8 Å². The summed E-state index contributed by atoms with van der Waals surface area (Å²) < 4.78 is 4.59. The SMILES string of the molecule is C=C/C=C/C(C)CC.C=CC(=C)OC.CC.CC.CC.CC.CC.CCC. The van der Waals surface area contributed by atoms with Gasteiger partial charge in [0.1, 0.15) is 5.76 Å². The molecule has 1 nitrogen and oxygen atoms in total. The lowest BCUT2D eigenvalue weighted by Gasteiger charge is -1.95. The predicted octanol–water partition coefficient (Wildman–Crippen LogP) is 10.7. The molecule has 0 N–H and O–H groups in total. The van der Waals surface area contributed by atoms with Crippen LogP contribution >= 0.6 is 0 Å². The maximum Gasteiger partial charge on any atom is 0.111 e. The average molecular weight is 389 g/mol. The molecule has 0 amide bonds. The molecule has 0 bridgehead atoms. The summed E-state index contributed by atoms with van der Waals surface area (Å²) in [6.07, 6.45) is 9.98. The molecule has 0 spiro atoms. The maximum atomic E-state index is 4.59. The van der Waals surface area contributed by atoms with Gasteiger partial charge >= 0.3 is 0 Å². The van der Waals surface area contributed by atoms with E-state index in [0.717, 1.165) is 0 Å². The summed E-state index contributed by atoms with van der Waals surface area (Å²) in [4.78, 5) is 0. The van der Waals surface area contributed by atoms with Crippen molar-refractivity contribution < 1.29 is 4.74 Å². The molecule has 0 saturated heterocycles. The second kappa shape index (κ2) is 101. The number of methoxy groups -OCH3 is 1. The van der Waals surface area contributed by atoms with Crippen LogP contribution < -0.4 is 0 Å². The summed E-state index contributed by atoms with van der Waals surface area (Å²) in [5, 5.41) is 0. The van der Waals surface area contributed by atoms with E-state index in [-0.39, 0.29) is 0 Å². The summed E-state index contributed by atoms with van der Waals surface area (Å²) in [5.41, 5.74) is 0. The van der Waals surface area contributed by atoms with Crippen molar-refractivity contribution in [2.24, 2.45) is 5.92 Å². The van der Waals surface area contributed by atoms with Gasteiger partial charge in [-0.1, -0.05) is 148 Å². The van der Waals surface area contributed by atoms with E-state index in [0.29, 0.717) is 11.7 Å². The molecule has 0 aromatic rings. The van der Waals surface area contributed by atoms with Crippen LogP contribution in [0.2, 0.25) is 0 Å². The quantitative estimate of drug-likeness (QED) is 0.336. The van der Waals surface area contributed by atoms with Crippen LogP contribution in [0.15, 0.2) is 49.8 Å². The molecule has 0 fully saturated rings. The van der Waals surface area contributed by atoms with Crippen molar-refractivity contribution in [2.75, 3.05) is 7.11 Å². The van der Waals surface area contributed by atoms with E-state index in [9.17, 15) is 0 Å². The first-order valence-electron chi connectivity index (χ1n) is 11.2. The third-order valence-electron chi connectivity index (χ3n) is 1.71. The minimum Gasteiger partial charge on any atom is -0.497 e. The zero-order valence-corrected chi connectivity index (χ0v) is 22.3. The number of allylic oxidation sites excluding steroid dienone is 4. The van der Waals surface area contributed by atoms with Gasteiger partial charge in [0, 0.05) is 0 Å². The largest absolute Gasteiger partial charge is 0.497 e. The highest BCUT2D eigenvalue weighted by Gasteiger charge is 1.86. The third-order valence-corrected chi connectivity index (χ3v) is 1.71. The molecule has 0 rings (SSSR count). The number of ether oxygens (including phenoxy) is 1. The van der Waals surface area contributed by atoms with Gasteiger partial charge in [0.15, 0.2) is 0 Å². The van der Waals surface area contributed by atoms with Gasteiger partial charge in [0.05, 0.1) is 7.11 Å². The summed E-state index contributed by atoms with van der Waals surface area (Å²) in [6, 6.07) is 0. The zero-order chi connectivity index (χ0) is 24.1. The average Bonchev–Trinajstić information content (AvgIpc) is 2.79. The molecular weight excluding hydrogens is 328 g/mol. The van der Waals surface area contributed by atoms with E-state index in [2.05, 4.69) is 58.2 Å². The van der Waals surface area contributed by atoms with Crippen molar-refractivity contribution >= 4 is 0 Å². The molecule has 0 aromatic carbocycles. The molecule has 0 aliphatic carbocycles. The van der Waals surface area contributed by atoms with Gasteiger partial charge < -0.3 is 4.74 Å². The molecule has 0 heterocycles. The van der Waals surface area contributed by atoms with Gasteiger partial charge in [0.2, 0.25) is 0 Å². The second-order valence-electron chi connectivity index (χ2n) is 3.59. The Hall–Kier alpha value is -1.24. The number of hydrogen-bond acceptors (Lipinski definition) is 1. The van der Waals surface area contributed by atoms with Gasteiger partial charge in [-0.25, -0.2) is 0 Å². The lowest BCUT2D eigenvalue weighted by atomic mass is 10.1. The van der Waals surface area contributed by atoms with Gasteiger partial charge in [-0.05, 0) is 12.0 Å². The standard InChI is InChI=1S/C8H14.C5H8O.C3H8.5C2H6/c1-4-6-7-8(3)5-2;1-4-5(2)6-3;1-3-2;5*1-2/h4,6-8H,1,5H2,2-3H3;4H,1-2H2,3H3;3H2,1-2H3;5*1-2H3/b7-6+;;;;;;;. The number of rotatable bonds is 5. The Bertz CT molecular complexity index is 202. The summed E-state index contributed by atoms with van der Waals surface area (Å²) in [5.74, 6) is 1.31. The smallest absolute Gasteiger partial charge is 0.111 e. The lowest BCUT2D eigenvalue weighted by Crippen LogP contribution is -1.82. The van der Waals surface area contributed by atoms with Crippen molar-refractivity contribution in [3.8, 4) is 0 Å². The number of hydrogen-bond donors (Lipinski definition) is 0. The minimum absolute atomic E-state index is 0.606. The van der Waals surface area contributed by atoms with Crippen LogP contribution in [0, 0.1) is 5.92 Å². The normalized spacial score (nSPS) is 7.52. The van der Waals surface area contributed by atoms with Crippen molar-refractivity contribution in [3.05, 3.63) is 49.8 Å². The first kappa shape index (κ1) is 50.1. The predicted molar refractivity (Wildman–Crippen MR) is 138 cm³/mol. The molecule has 0 aliphatic rings. The van der Waals surface area contributed by atoms with E-state index in [4.69, 9.17) is 0 Å². The summed E-state index contributed by atoms with van der Waals surface area (Å²) in [7, 11) is 1.56. The minimum atomic E-state index is 0.606. The van der Waals surface area contributed by atoms with Crippen molar-refractivity contribution in [3.63, 3.8) is 0 Å². The molecule has 0 aliphatic heterocycles. The monoisotopic (exact) mass is 388 g/mol. The lowest BCUT2D eigenvalue weighted by molar-refractivity contribution is 0.309. The molecule has 170 valence electrons. The molecule has 0 saturated carbocycles. The third kappa shape index (κ3) is 167. The molecule has 1 heteroatoms. The van der Waals surface area contributed by atoms with Crippen LogP contribution in [0.3, 0.4) is 0 Å². The Morgan fingerprint density at radius 3 is 1.22 bits per heavy atom. The highest BCUT2D eigenvalue weighted by Crippen LogP contribution is 2.00. The second-order valence-corrected chi connectivity index (χ2v) is 3.59. The van der Waals surface area contributed by atoms with Crippen LogP contribution in [0.25, 0.3) is 0 Å². The first-order valence-corrected chi connectivity index (χ1v) is 11.2. The zero-order valence-electron chi connectivity index (χ0n) is 22.3. The van der Waals surface area contributed by atoms with Crippen LogP contribution in [-0.2, 0) is 4.74 Å². The van der Waals surface area contributed by atoms with Crippen molar-refractivity contribution in [1.29, 1.82) is 0 Å². The van der Waals surface area contributed by atoms with Gasteiger partial charge in [-0.2, -0.15) is 0 Å². The van der Waals surface area contributed by atoms with E-state index < -0.39 is 0 Å². The summed E-state index contributed by atoms with van der Waals surface area (Å²) >= 11 is 0. The van der Waals surface area contributed by atoms with E-state index in [1.807, 2.05) is 81.4 Å². The summed E-state index contributed by atoms with van der Waals surface area (Å²) in [6.45, 7) is 39.1. The Labute approximate surface area is 177 Å². The molecule has 0 aromatic heterocycles. The van der Waals surface area contributed by atoms with Gasteiger partial charge in [-0.3, -0.25) is 0 Å². The van der Waals surface area contributed by atoms with Crippen LogP contribution in [0.4, 0.5) is 0 Å². The Morgan fingerprint density at radius 2 is 1.11 bits per heavy atom. The molecule has 1 atom stereocenters. The Kier molecular flexibility index (Phi) is 187. The van der Waals surface area contributed by atoms with Gasteiger partial charge in [-0.15, -0.1) is 0 Å². The highest BCUT2D eigenvalue weighted by atomic mass is 16.5. The Balaban J connectivity index is -0.0000000282. The van der Waals surface area contributed by atoms with Crippen molar-refractivity contribution in [2.45, 2.75) is 110 Å². The van der Waals surface area contributed by atoms with Crippen molar-refractivity contribution in [1.82, 2.24) is 0 Å². The molecule has 0 radical (unpaired) electrons. The van der Waals surface area contributed by atoms with E-state index in [1.54, 1.807) is 13.2 Å². The maximum absolute atomic E-state index is 4.59. The molecular formula is C26H60O. The molecule has 27 heavy (non-hydrogen) atoms. The van der Waals surface area contributed by atoms with Gasteiger partial charge in [0.25, 0.3) is 0 Å². The van der Waals surface area contributed by atoms with Crippen LogP contribution in [-0.4, -0.2) is 7.11 Å². The van der Waals surface area contributed by atoms with Crippen LogP contribution in [0.5, 0.6) is 0 Å². The molecule has 1 unspecified atom stereocenters. The fourth-order valence-corrected chi connectivity index (χ4v) is 0.488.